The van der Waals surface area contributed by atoms with Crippen LogP contribution in [0.15, 0.2) is 54.6 Å². The van der Waals surface area contributed by atoms with E-state index in [-0.39, 0.29) is 0 Å². The van der Waals surface area contributed by atoms with Gasteiger partial charge in [0.05, 0.1) is 0 Å². The Morgan fingerprint density at radius 1 is 0.773 bits per heavy atom. The van der Waals surface area contributed by atoms with Crippen molar-refractivity contribution in [3.05, 3.63) is 65.7 Å². The Bertz CT molecular complexity index is 533. The van der Waals surface area contributed by atoms with E-state index in [1.807, 2.05) is 12.1 Å². The number of aromatic hydroxyl groups is 1. The summed E-state index contributed by atoms with van der Waals surface area (Å²) in [4.78, 5) is 0. The van der Waals surface area contributed by atoms with Crippen LogP contribution in [-0.2, 0) is 0 Å². The van der Waals surface area contributed by atoms with E-state index in [1.54, 1.807) is 6.07 Å². The van der Waals surface area contributed by atoms with E-state index in [4.69, 9.17) is 0 Å². The fourth-order valence-corrected chi connectivity index (χ4v) is 3.10. The van der Waals surface area contributed by atoms with Crippen LogP contribution in [0.1, 0.15) is 68.9 Å². The van der Waals surface area contributed by atoms with Crippen molar-refractivity contribution < 1.29 is 5.11 Å². The SMILES string of the molecule is CCCCCCCCC(c1ccccc1)c1ccccc1O. The number of phenols is 1. The molecule has 0 saturated carbocycles. The highest BCUT2D eigenvalue weighted by atomic mass is 16.3. The second kappa shape index (κ2) is 9.30. The first-order valence-corrected chi connectivity index (χ1v) is 8.65. The van der Waals surface area contributed by atoms with Gasteiger partial charge >= 0.3 is 0 Å². The fraction of sp³-hybridized carbons (Fsp3) is 0.429. The molecule has 1 atom stereocenters. The molecule has 0 saturated heterocycles. The second-order valence-electron chi connectivity index (χ2n) is 6.08. The first-order valence-electron chi connectivity index (χ1n) is 8.65. The van der Waals surface area contributed by atoms with Gasteiger partial charge in [-0.25, -0.2) is 0 Å². The molecule has 1 nitrogen and oxygen atoms in total. The maximum Gasteiger partial charge on any atom is 0.119 e. The van der Waals surface area contributed by atoms with Crippen molar-refractivity contribution >= 4 is 0 Å². The summed E-state index contributed by atoms with van der Waals surface area (Å²) in [6.07, 6.45) is 8.94. The summed E-state index contributed by atoms with van der Waals surface area (Å²) < 4.78 is 0. The molecular weight excluding hydrogens is 268 g/mol. The number of hydrogen-bond acceptors (Lipinski definition) is 1. The molecule has 0 bridgehead atoms. The number of benzene rings is 2. The number of para-hydroxylation sites is 1. The van der Waals surface area contributed by atoms with Gasteiger partial charge in [-0.3, -0.25) is 0 Å². The molecule has 0 fully saturated rings. The van der Waals surface area contributed by atoms with E-state index in [1.165, 1.54) is 44.1 Å². The summed E-state index contributed by atoms with van der Waals surface area (Å²) in [7, 11) is 0. The summed E-state index contributed by atoms with van der Waals surface area (Å²) in [6.45, 7) is 2.25. The highest BCUT2D eigenvalue weighted by Gasteiger charge is 2.16. The molecule has 1 heteroatoms. The second-order valence-corrected chi connectivity index (χ2v) is 6.08. The number of phenolic OH excluding ortho intramolecular Hbond substituents is 1. The Hall–Kier alpha value is -1.76. The Morgan fingerprint density at radius 2 is 1.41 bits per heavy atom. The summed E-state index contributed by atoms with van der Waals surface area (Å²) in [5.74, 6) is 0.718. The Labute approximate surface area is 135 Å². The Morgan fingerprint density at radius 3 is 2.14 bits per heavy atom. The molecule has 1 unspecified atom stereocenters. The van der Waals surface area contributed by atoms with Gasteiger partial charge < -0.3 is 5.11 Å². The molecule has 2 aromatic rings. The van der Waals surface area contributed by atoms with Crippen LogP contribution in [0.2, 0.25) is 0 Å². The van der Waals surface area contributed by atoms with Crippen molar-refractivity contribution in [2.24, 2.45) is 0 Å². The van der Waals surface area contributed by atoms with E-state index in [0.29, 0.717) is 11.7 Å². The zero-order valence-electron chi connectivity index (χ0n) is 13.7. The van der Waals surface area contributed by atoms with Crippen molar-refractivity contribution in [2.75, 3.05) is 0 Å². The molecule has 0 radical (unpaired) electrons. The molecule has 0 aliphatic carbocycles. The molecule has 22 heavy (non-hydrogen) atoms. The van der Waals surface area contributed by atoms with Crippen LogP contribution >= 0.6 is 0 Å². The number of rotatable bonds is 9. The predicted octanol–water partition coefficient (Wildman–Crippen LogP) is 6.27. The van der Waals surface area contributed by atoms with Crippen molar-refractivity contribution in [1.82, 2.24) is 0 Å². The van der Waals surface area contributed by atoms with Gasteiger partial charge in [0.15, 0.2) is 0 Å². The van der Waals surface area contributed by atoms with E-state index >= 15 is 0 Å². The van der Waals surface area contributed by atoms with Gasteiger partial charge in [0.25, 0.3) is 0 Å². The normalized spacial score (nSPS) is 12.2. The van der Waals surface area contributed by atoms with Gasteiger partial charge in [0.1, 0.15) is 5.75 Å². The van der Waals surface area contributed by atoms with Crippen molar-refractivity contribution in [2.45, 2.75) is 57.8 Å². The first-order chi connectivity index (χ1) is 10.8. The molecule has 0 aromatic heterocycles. The van der Waals surface area contributed by atoms with Crippen LogP contribution in [-0.4, -0.2) is 5.11 Å². The standard InChI is InChI=1S/C21H28O/c1-2-3-4-5-6-10-15-19(18-13-8-7-9-14-18)20-16-11-12-17-21(20)22/h7-9,11-14,16-17,19,22H,2-6,10,15H2,1H3. The van der Waals surface area contributed by atoms with Gasteiger partial charge in [-0.1, -0.05) is 94.0 Å². The number of hydrogen-bond donors (Lipinski definition) is 1. The third kappa shape index (κ3) is 4.91. The highest BCUT2D eigenvalue weighted by molar-refractivity contribution is 5.41. The Balaban J connectivity index is 2.02. The molecule has 1 N–H and O–H groups in total. The van der Waals surface area contributed by atoms with Crippen molar-refractivity contribution in [3.8, 4) is 5.75 Å². The summed E-state index contributed by atoms with van der Waals surface area (Å²) in [5, 5.41) is 10.2. The molecule has 118 valence electrons. The lowest BCUT2D eigenvalue weighted by Gasteiger charge is -2.19. The molecule has 0 heterocycles. The third-order valence-electron chi connectivity index (χ3n) is 4.36. The summed E-state index contributed by atoms with van der Waals surface area (Å²) in [5.41, 5.74) is 2.36. The predicted molar refractivity (Wildman–Crippen MR) is 94.4 cm³/mol. The van der Waals surface area contributed by atoms with Crippen LogP contribution in [0.4, 0.5) is 0 Å². The molecule has 2 rings (SSSR count). The summed E-state index contributed by atoms with van der Waals surface area (Å²) >= 11 is 0. The molecule has 0 amide bonds. The third-order valence-corrected chi connectivity index (χ3v) is 4.36. The smallest absolute Gasteiger partial charge is 0.119 e. The molecule has 2 aromatic carbocycles. The van der Waals surface area contributed by atoms with Crippen molar-refractivity contribution in [3.63, 3.8) is 0 Å². The maximum absolute atomic E-state index is 10.2. The van der Waals surface area contributed by atoms with E-state index in [9.17, 15) is 5.11 Å². The lowest BCUT2D eigenvalue weighted by atomic mass is 9.86. The molecule has 0 aliphatic heterocycles. The molecule has 0 aliphatic rings. The van der Waals surface area contributed by atoms with Gasteiger partial charge in [-0.05, 0) is 18.1 Å². The summed E-state index contributed by atoms with van der Waals surface area (Å²) in [6, 6.07) is 18.3. The van der Waals surface area contributed by atoms with Crippen LogP contribution < -0.4 is 0 Å². The fourth-order valence-electron chi connectivity index (χ4n) is 3.10. The van der Waals surface area contributed by atoms with E-state index in [2.05, 4.69) is 43.3 Å². The lowest BCUT2D eigenvalue weighted by molar-refractivity contribution is 0.460. The zero-order valence-corrected chi connectivity index (χ0v) is 13.7. The molecule has 0 spiro atoms. The van der Waals surface area contributed by atoms with Crippen LogP contribution in [0.25, 0.3) is 0 Å². The Kier molecular flexibility index (Phi) is 7.02. The van der Waals surface area contributed by atoms with Gasteiger partial charge in [-0.15, -0.1) is 0 Å². The van der Waals surface area contributed by atoms with E-state index < -0.39 is 0 Å². The van der Waals surface area contributed by atoms with Crippen LogP contribution in [0, 0.1) is 0 Å². The molecular formula is C21H28O. The lowest BCUT2D eigenvalue weighted by Crippen LogP contribution is -2.02. The number of unbranched alkanes of at least 4 members (excludes halogenated alkanes) is 5. The topological polar surface area (TPSA) is 20.2 Å². The monoisotopic (exact) mass is 296 g/mol. The maximum atomic E-state index is 10.2. The van der Waals surface area contributed by atoms with Crippen LogP contribution in [0.5, 0.6) is 5.75 Å². The largest absolute Gasteiger partial charge is 0.508 e. The van der Waals surface area contributed by atoms with Gasteiger partial charge in [0, 0.05) is 11.5 Å². The average molecular weight is 296 g/mol. The minimum Gasteiger partial charge on any atom is -0.508 e. The van der Waals surface area contributed by atoms with Crippen molar-refractivity contribution in [1.29, 1.82) is 0 Å². The average Bonchev–Trinajstić information content (AvgIpc) is 2.56. The minimum atomic E-state index is 0.300. The van der Waals surface area contributed by atoms with Gasteiger partial charge in [0.2, 0.25) is 0 Å². The van der Waals surface area contributed by atoms with Gasteiger partial charge in [-0.2, -0.15) is 0 Å². The highest BCUT2D eigenvalue weighted by Crippen LogP contribution is 2.35. The first kappa shape index (κ1) is 16.6. The zero-order chi connectivity index (χ0) is 15.6. The van der Waals surface area contributed by atoms with Crippen LogP contribution in [0.3, 0.4) is 0 Å². The van der Waals surface area contributed by atoms with E-state index in [0.717, 1.165) is 12.0 Å². The minimum absolute atomic E-state index is 0.300. The quantitative estimate of drug-likeness (QED) is 0.540.